The summed E-state index contributed by atoms with van der Waals surface area (Å²) in [5, 5.41) is 8.51. The minimum absolute atomic E-state index is 0.208. The molecule has 4 nitrogen and oxygen atoms in total. The van der Waals surface area contributed by atoms with E-state index in [1.807, 2.05) is 7.05 Å². The summed E-state index contributed by atoms with van der Waals surface area (Å²) in [4.78, 5) is 12.4. The zero-order chi connectivity index (χ0) is 9.84. The van der Waals surface area contributed by atoms with Crippen LogP contribution in [0.2, 0.25) is 0 Å². The Labute approximate surface area is 78.7 Å². The Morgan fingerprint density at radius 3 is 2.69 bits per heavy atom. The zero-order valence-corrected chi connectivity index (χ0v) is 8.07. The molecule has 76 valence electrons. The number of nitrogens with two attached hydrogens (primary N) is 1. The van der Waals surface area contributed by atoms with Gasteiger partial charge in [-0.3, -0.25) is 4.79 Å². The molecule has 1 aliphatic rings. The lowest BCUT2D eigenvalue weighted by atomic mass is 10.1. The third kappa shape index (κ3) is 3.32. The number of likely N-dealkylation sites (N-methyl/N-ethyl adjacent to an activating group) is 1. The van der Waals surface area contributed by atoms with Gasteiger partial charge in [0.1, 0.15) is 0 Å². The molecule has 1 unspecified atom stereocenters. The maximum Gasteiger partial charge on any atom is 0.304 e. The third-order valence-corrected chi connectivity index (χ3v) is 2.65. The van der Waals surface area contributed by atoms with E-state index in [4.69, 9.17) is 10.8 Å². The van der Waals surface area contributed by atoms with Gasteiger partial charge < -0.3 is 15.7 Å². The summed E-state index contributed by atoms with van der Waals surface area (Å²) < 4.78 is 0. The quantitative estimate of drug-likeness (QED) is 0.619. The molecule has 0 aromatic carbocycles. The molecule has 0 amide bonds. The van der Waals surface area contributed by atoms with Gasteiger partial charge in [0.05, 0.1) is 6.42 Å². The molecule has 0 bridgehead atoms. The van der Waals surface area contributed by atoms with Crippen molar-refractivity contribution in [1.29, 1.82) is 0 Å². The Hall–Kier alpha value is -0.610. The summed E-state index contributed by atoms with van der Waals surface area (Å²) in [6.07, 6.45) is 2.71. The number of carbonyl (C=O) groups is 1. The van der Waals surface area contributed by atoms with Gasteiger partial charge in [-0.25, -0.2) is 0 Å². The summed E-state index contributed by atoms with van der Waals surface area (Å²) in [5.41, 5.74) is 5.63. The standard InChI is InChI=1S/C9H18N2O2/c1-11(5-4-9(12)13)8(6-10)7-2-3-7/h7-8H,2-6,10H2,1H3,(H,12,13). The van der Waals surface area contributed by atoms with Crippen LogP contribution in [0.4, 0.5) is 0 Å². The molecular weight excluding hydrogens is 168 g/mol. The monoisotopic (exact) mass is 186 g/mol. The summed E-state index contributed by atoms with van der Waals surface area (Å²) in [7, 11) is 1.96. The van der Waals surface area contributed by atoms with E-state index in [1.165, 1.54) is 12.8 Å². The van der Waals surface area contributed by atoms with E-state index < -0.39 is 5.97 Å². The molecule has 4 heteroatoms. The fraction of sp³-hybridized carbons (Fsp3) is 0.889. The fourth-order valence-electron chi connectivity index (χ4n) is 1.65. The molecule has 1 aliphatic carbocycles. The maximum atomic E-state index is 10.3. The summed E-state index contributed by atoms with van der Waals surface area (Å²) >= 11 is 0. The van der Waals surface area contributed by atoms with Crippen LogP contribution in [-0.2, 0) is 4.79 Å². The van der Waals surface area contributed by atoms with Gasteiger partial charge in [0, 0.05) is 19.1 Å². The van der Waals surface area contributed by atoms with Crippen molar-refractivity contribution in [3.05, 3.63) is 0 Å². The topological polar surface area (TPSA) is 66.6 Å². The van der Waals surface area contributed by atoms with Gasteiger partial charge in [0.15, 0.2) is 0 Å². The highest BCUT2D eigenvalue weighted by molar-refractivity contribution is 5.66. The van der Waals surface area contributed by atoms with Gasteiger partial charge in [-0.05, 0) is 25.8 Å². The average molecular weight is 186 g/mol. The number of carboxylic acids is 1. The van der Waals surface area contributed by atoms with Crippen molar-refractivity contribution in [3.8, 4) is 0 Å². The van der Waals surface area contributed by atoms with Gasteiger partial charge in [-0.15, -0.1) is 0 Å². The van der Waals surface area contributed by atoms with Crippen molar-refractivity contribution in [3.63, 3.8) is 0 Å². The van der Waals surface area contributed by atoms with Crippen molar-refractivity contribution in [1.82, 2.24) is 4.90 Å². The van der Waals surface area contributed by atoms with Crippen LogP contribution in [-0.4, -0.2) is 42.2 Å². The molecule has 0 aliphatic heterocycles. The van der Waals surface area contributed by atoms with Gasteiger partial charge in [-0.1, -0.05) is 0 Å². The molecule has 0 saturated heterocycles. The van der Waals surface area contributed by atoms with E-state index in [0.29, 0.717) is 25.0 Å². The van der Waals surface area contributed by atoms with Crippen LogP contribution in [0.15, 0.2) is 0 Å². The molecular formula is C9H18N2O2. The molecule has 0 aromatic heterocycles. The lowest BCUT2D eigenvalue weighted by molar-refractivity contribution is -0.137. The Bertz CT molecular complexity index is 180. The van der Waals surface area contributed by atoms with E-state index >= 15 is 0 Å². The molecule has 3 N–H and O–H groups in total. The van der Waals surface area contributed by atoms with E-state index in [2.05, 4.69) is 4.90 Å². The predicted molar refractivity (Wildman–Crippen MR) is 50.4 cm³/mol. The normalized spacial score (nSPS) is 19.0. The Morgan fingerprint density at radius 1 is 1.69 bits per heavy atom. The van der Waals surface area contributed by atoms with E-state index in [-0.39, 0.29) is 6.42 Å². The van der Waals surface area contributed by atoms with Crippen molar-refractivity contribution < 1.29 is 9.90 Å². The summed E-state index contributed by atoms with van der Waals surface area (Å²) in [5.74, 6) is -0.0257. The highest BCUT2D eigenvalue weighted by atomic mass is 16.4. The second kappa shape index (κ2) is 4.58. The highest BCUT2D eigenvalue weighted by Crippen LogP contribution is 2.34. The molecule has 1 atom stereocenters. The fourth-order valence-corrected chi connectivity index (χ4v) is 1.65. The third-order valence-electron chi connectivity index (χ3n) is 2.65. The van der Waals surface area contributed by atoms with Gasteiger partial charge >= 0.3 is 5.97 Å². The predicted octanol–water partition coefficient (Wildman–Crippen LogP) is 0.130. The molecule has 0 spiro atoms. The van der Waals surface area contributed by atoms with Crippen LogP contribution in [0.5, 0.6) is 0 Å². The summed E-state index contributed by atoms with van der Waals surface area (Å²) in [6, 6.07) is 0.388. The molecule has 1 rings (SSSR count). The molecule has 0 heterocycles. The van der Waals surface area contributed by atoms with Crippen molar-refractivity contribution >= 4 is 5.97 Å². The smallest absolute Gasteiger partial charge is 0.304 e. The number of aliphatic carboxylic acids is 1. The molecule has 0 radical (unpaired) electrons. The zero-order valence-electron chi connectivity index (χ0n) is 8.07. The maximum absolute atomic E-state index is 10.3. The first-order valence-corrected chi connectivity index (χ1v) is 4.77. The minimum Gasteiger partial charge on any atom is -0.481 e. The highest BCUT2D eigenvalue weighted by Gasteiger charge is 2.32. The van der Waals surface area contributed by atoms with Gasteiger partial charge in [0.25, 0.3) is 0 Å². The van der Waals surface area contributed by atoms with E-state index in [0.717, 1.165) is 0 Å². The van der Waals surface area contributed by atoms with Crippen LogP contribution in [0.1, 0.15) is 19.3 Å². The summed E-state index contributed by atoms with van der Waals surface area (Å²) in [6.45, 7) is 1.24. The lowest BCUT2D eigenvalue weighted by Gasteiger charge is -2.26. The van der Waals surface area contributed by atoms with Crippen LogP contribution in [0, 0.1) is 5.92 Å². The molecule has 0 aromatic rings. The Balaban J connectivity index is 2.26. The van der Waals surface area contributed by atoms with Crippen molar-refractivity contribution in [2.24, 2.45) is 11.7 Å². The first-order valence-electron chi connectivity index (χ1n) is 4.77. The van der Waals surface area contributed by atoms with Crippen LogP contribution < -0.4 is 5.73 Å². The van der Waals surface area contributed by atoms with Crippen molar-refractivity contribution in [2.45, 2.75) is 25.3 Å². The minimum atomic E-state index is -0.738. The van der Waals surface area contributed by atoms with Crippen molar-refractivity contribution in [2.75, 3.05) is 20.1 Å². The van der Waals surface area contributed by atoms with Crippen LogP contribution in [0.25, 0.3) is 0 Å². The second-order valence-corrected chi connectivity index (χ2v) is 3.76. The lowest BCUT2D eigenvalue weighted by Crippen LogP contribution is -2.40. The molecule has 13 heavy (non-hydrogen) atoms. The largest absolute Gasteiger partial charge is 0.481 e. The number of carboxylic acid groups (broad SMARTS) is 1. The first kappa shape index (κ1) is 10.5. The van der Waals surface area contributed by atoms with Gasteiger partial charge in [0.2, 0.25) is 0 Å². The van der Waals surface area contributed by atoms with Gasteiger partial charge in [-0.2, -0.15) is 0 Å². The average Bonchev–Trinajstić information content (AvgIpc) is 2.86. The second-order valence-electron chi connectivity index (χ2n) is 3.76. The Morgan fingerprint density at radius 2 is 2.31 bits per heavy atom. The number of rotatable bonds is 6. The van der Waals surface area contributed by atoms with E-state index in [1.54, 1.807) is 0 Å². The number of hydrogen-bond donors (Lipinski definition) is 2. The van der Waals surface area contributed by atoms with E-state index in [9.17, 15) is 4.79 Å². The number of hydrogen-bond acceptors (Lipinski definition) is 3. The molecule has 1 fully saturated rings. The van der Waals surface area contributed by atoms with Crippen LogP contribution in [0.3, 0.4) is 0 Å². The SMILES string of the molecule is CN(CCC(=O)O)C(CN)C1CC1. The first-order chi connectivity index (χ1) is 6.15. The Kier molecular flexibility index (Phi) is 3.69. The number of nitrogens with zero attached hydrogens (tertiary/aromatic N) is 1. The van der Waals surface area contributed by atoms with Crippen LogP contribution >= 0.6 is 0 Å². The molecule has 1 saturated carbocycles.